The third-order valence-corrected chi connectivity index (χ3v) is 1.26. The van der Waals surface area contributed by atoms with E-state index < -0.39 is 7.25 Å². The Morgan fingerprint density at radius 1 is 0.850 bits per heavy atom. The van der Waals surface area contributed by atoms with E-state index in [-0.39, 0.29) is 17.1 Å². The third-order valence-electron chi connectivity index (χ3n) is 1.01. The molecule has 1 aromatic rings. The maximum absolute atomic E-state index is 9.75. The molecule has 111 valence electrons. The molecule has 0 amide bonds. The van der Waals surface area contributed by atoms with Crippen LogP contribution in [-0.4, -0.2) is 7.25 Å². The molecule has 3 nitrogen and oxygen atoms in total. The minimum Gasteiger partial charge on any atom is 0 e. The van der Waals surface area contributed by atoms with Crippen LogP contribution in [0, 0.1) is 26.9 Å². The number of benzene rings is 1. The largest absolute Gasteiger partial charge is 0 e. The van der Waals surface area contributed by atoms with Crippen molar-refractivity contribution in [1.29, 1.82) is 0 Å². The first kappa shape index (κ1) is 31.4. The second kappa shape index (κ2) is 23.2. The van der Waals surface area contributed by atoms with Gasteiger partial charge < -0.3 is 17.3 Å². The van der Waals surface area contributed by atoms with Crippen molar-refractivity contribution in [2.75, 3.05) is 0 Å². The van der Waals surface area contributed by atoms with Crippen molar-refractivity contribution in [3.8, 4) is 0 Å². The van der Waals surface area contributed by atoms with Gasteiger partial charge in [0.1, 0.15) is 0 Å². The van der Waals surface area contributed by atoms with Crippen LogP contribution in [0.15, 0.2) is 24.3 Å². The van der Waals surface area contributed by atoms with E-state index in [1.165, 1.54) is 5.56 Å². The number of hydrogen-bond acceptors (Lipinski definition) is 0. The Morgan fingerprint density at radius 3 is 1.20 bits per heavy atom. The van der Waals surface area contributed by atoms with Gasteiger partial charge in [-0.1, -0.05) is 29.3 Å². The quantitative estimate of drug-likeness (QED) is 0.295. The molecule has 0 saturated heterocycles. The molecule has 0 atom stereocenters. The summed E-state index contributed by atoms with van der Waals surface area (Å²) in [6.45, 7) is 15.5. The zero-order valence-electron chi connectivity index (χ0n) is 9.88. The van der Waals surface area contributed by atoms with Crippen molar-refractivity contribution in [1.82, 2.24) is 0 Å². The van der Waals surface area contributed by atoms with Gasteiger partial charge in [0.2, 0.25) is 0 Å². The zero-order chi connectivity index (χ0) is 16.5. The van der Waals surface area contributed by atoms with Gasteiger partial charge in [0.05, 0.1) is 0 Å². The number of hydrogen-bond donors (Lipinski definition) is 0. The van der Waals surface area contributed by atoms with Crippen LogP contribution < -0.4 is 0 Å². The van der Waals surface area contributed by atoms with Gasteiger partial charge in [-0.25, -0.2) is 0 Å². The first-order valence-corrected chi connectivity index (χ1v) is 4.37. The Kier molecular flexibility index (Phi) is 36.4. The molecule has 0 unspecified atom stereocenters. The molecule has 0 heterocycles. The second-order valence-electron chi connectivity index (χ2n) is 2.29. The molecule has 0 fully saturated rings. The van der Waals surface area contributed by atoms with E-state index in [2.05, 4.69) is 20.0 Å². The molecule has 1 aromatic carbocycles. The van der Waals surface area contributed by atoms with Crippen LogP contribution in [0.3, 0.4) is 0 Å². The van der Waals surface area contributed by atoms with E-state index in [1.807, 2.05) is 31.2 Å². The molecule has 0 aliphatic heterocycles. The Morgan fingerprint density at radius 2 is 1.05 bits per heavy atom. The summed E-state index contributed by atoms with van der Waals surface area (Å²) in [7, 11) is -6.00. The second-order valence-corrected chi connectivity index (χ2v) is 2.73. The number of aryl methyl sites for hydroxylation is 1. The van der Waals surface area contributed by atoms with Gasteiger partial charge in [-0.3, -0.25) is 0 Å². The molecule has 1 radical (unpaired) electrons. The number of halogens is 5. The molecule has 0 bridgehead atoms. The summed E-state index contributed by atoms with van der Waals surface area (Å²) in [5.74, 6) is 0. The first-order chi connectivity index (χ1) is 8.79. The van der Waals surface area contributed by atoms with E-state index in [9.17, 15) is 17.3 Å². The van der Waals surface area contributed by atoms with Gasteiger partial charge in [0.15, 0.2) is 0 Å². The van der Waals surface area contributed by atoms with Crippen LogP contribution in [0.2, 0.25) is 5.02 Å². The average Bonchev–Trinajstić information content (AvgIpc) is 2.38. The van der Waals surface area contributed by atoms with Crippen molar-refractivity contribution in [3.05, 3.63) is 54.8 Å². The smallest absolute Gasteiger partial charge is 0 e. The summed E-state index contributed by atoms with van der Waals surface area (Å²) in [5.41, 5.74) is 1.24. The van der Waals surface area contributed by atoms with Crippen molar-refractivity contribution < 1.29 is 48.3 Å². The van der Waals surface area contributed by atoms with Crippen molar-refractivity contribution >= 4 is 18.9 Å². The Bertz CT molecular complexity index is 324. The minimum atomic E-state index is -6.00. The molecule has 0 N–H and O–H groups in total. The van der Waals surface area contributed by atoms with Crippen LogP contribution >= 0.6 is 11.6 Å². The first-order valence-electron chi connectivity index (χ1n) is 4.00. The van der Waals surface area contributed by atoms with Gasteiger partial charge in [0.25, 0.3) is 0 Å². The zero-order valence-corrected chi connectivity index (χ0v) is 11.8. The summed E-state index contributed by atoms with van der Waals surface area (Å²) >= 11 is 5.61. The van der Waals surface area contributed by atoms with Crippen LogP contribution in [-0.2, 0) is 31.0 Å². The van der Waals surface area contributed by atoms with Gasteiger partial charge in [-0.05, 0) is 19.1 Å². The monoisotopic (exact) mass is 352 g/mol. The maximum Gasteiger partial charge on any atom is 0 e. The van der Waals surface area contributed by atoms with E-state index in [1.54, 1.807) is 0 Å². The molecule has 0 spiro atoms. The van der Waals surface area contributed by atoms with Crippen molar-refractivity contribution in [3.63, 3.8) is 0 Å². The van der Waals surface area contributed by atoms with E-state index in [4.69, 9.17) is 25.6 Å². The fourth-order valence-corrected chi connectivity index (χ4v) is 0.659. The predicted molar refractivity (Wildman–Crippen MR) is 58.2 cm³/mol. The molecule has 10 heteroatoms. The van der Waals surface area contributed by atoms with E-state index in [0.29, 0.717) is 0 Å². The molecular weight excluding hydrogens is 345 g/mol. The van der Waals surface area contributed by atoms with E-state index >= 15 is 0 Å². The van der Waals surface area contributed by atoms with E-state index in [0.717, 1.165) is 5.02 Å². The molecule has 0 saturated carbocycles. The molecular formula is C10H7BClF4MnO3-. The standard InChI is InChI=1S/C7H7Cl.3CO.BF4.Mn/c1-6-2-4-7(8)5-3-6;3*1-2;2-1(3,4)5;/h2-5H,1H3;;;;;/q;;;;-1;. The summed E-state index contributed by atoms with van der Waals surface area (Å²) in [5, 5.41) is 0.801. The minimum absolute atomic E-state index is 0. The fraction of sp³-hybridized carbons (Fsp3) is 0.100. The summed E-state index contributed by atoms with van der Waals surface area (Å²) in [6.07, 6.45) is 0. The van der Waals surface area contributed by atoms with Gasteiger partial charge in [-0.15, -0.1) is 0 Å². The van der Waals surface area contributed by atoms with Gasteiger partial charge in [0, 0.05) is 22.1 Å². The Balaban J connectivity index is -0.0000000550. The normalized spacial score (nSPS) is 7.00. The van der Waals surface area contributed by atoms with Crippen LogP contribution in [0.4, 0.5) is 17.3 Å². The molecule has 0 aliphatic rings. The summed E-state index contributed by atoms with van der Waals surface area (Å²) in [4.78, 5) is 0. The van der Waals surface area contributed by atoms with Gasteiger partial charge in [-0.2, -0.15) is 0 Å². The number of rotatable bonds is 0. The van der Waals surface area contributed by atoms with Crippen LogP contribution in [0.1, 0.15) is 5.56 Å². The summed E-state index contributed by atoms with van der Waals surface area (Å²) in [6, 6.07) is 7.75. The predicted octanol–water partition coefficient (Wildman–Crippen LogP) is 3.83. The van der Waals surface area contributed by atoms with Crippen molar-refractivity contribution in [2.24, 2.45) is 0 Å². The van der Waals surface area contributed by atoms with Crippen LogP contribution in [0.25, 0.3) is 0 Å². The van der Waals surface area contributed by atoms with Gasteiger partial charge >= 0.3 is 41.2 Å². The molecule has 20 heavy (non-hydrogen) atoms. The average molecular weight is 352 g/mol. The van der Waals surface area contributed by atoms with Crippen LogP contribution in [0.5, 0.6) is 0 Å². The fourth-order valence-electron chi connectivity index (χ4n) is 0.533. The third kappa shape index (κ3) is 53.7. The Hall–Kier alpha value is -0.966. The summed E-state index contributed by atoms with van der Waals surface area (Å²) < 4.78 is 61.5. The molecule has 0 aromatic heterocycles. The maximum atomic E-state index is 9.75. The molecule has 0 aliphatic carbocycles. The van der Waals surface area contributed by atoms with Crippen molar-refractivity contribution in [2.45, 2.75) is 6.92 Å². The topological polar surface area (TPSA) is 59.7 Å². The Labute approximate surface area is 129 Å². The SMILES string of the molecule is Cc1ccc(Cl)cc1.F[B-](F)(F)F.[C-]#[O+].[C-]#[O+].[C-]#[O+].[Mn]. The molecule has 1 rings (SSSR count).